The molecular formula is C16H20N8O. The Bertz CT molecular complexity index is 840. The smallest absolute Gasteiger partial charge is 0.241 e. The third-order valence-electron chi connectivity index (χ3n) is 3.77. The normalized spacial score (nSPS) is 10.6. The van der Waals surface area contributed by atoms with Gasteiger partial charge in [0.05, 0.1) is 5.69 Å². The summed E-state index contributed by atoms with van der Waals surface area (Å²) in [7, 11) is 0. The number of rotatable bonds is 7. The lowest BCUT2D eigenvalue weighted by molar-refractivity contribution is -0.121. The maximum atomic E-state index is 11.8. The molecule has 0 fully saturated rings. The lowest BCUT2D eigenvalue weighted by Crippen LogP contribution is -2.31. The standard InChI is InChI=1S/C16H20N8O/c1-12-13(2)24(11-21-12)15-8-14(19-10-20-15)17-5-6-18-16(25)9-23-7-3-4-22-23/h3-4,7-8,10-11H,5-6,9H2,1-2H3,(H,18,25)(H,17,19,20). The molecule has 0 unspecified atom stereocenters. The molecule has 9 nitrogen and oxygen atoms in total. The molecule has 3 rings (SSSR count). The Labute approximate surface area is 145 Å². The summed E-state index contributed by atoms with van der Waals surface area (Å²) in [5, 5.41) is 10.00. The fourth-order valence-electron chi connectivity index (χ4n) is 2.29. The molecule has 0 aliphatic rings. The second kappa shape index (κ2) is 7.56. The third kappa shape index (κ3) is 4.19. The number of aromatic nitrogens is 6. The number of carbonyl (C=O) groups excluding carboxylic acids is 1. The Morgan fingerprint density at radius 3 is 2.80 bits per heavy atom. The predicted molar refractivity (Wildman–Crippen MR) is 92.4 cm³/mol. The number of carbonyl (C=O) groups is 1. The number of aryl methyl sites for hydroxylation is 1. The molecule has 0 saturated heterocycles. The summed E-state index contributed by atoms with van der Waals surface area (Å²) in [5.74, 6) is 1.36. The van der Waals surface area contributed by atoms with Gasteiger partial charge in [0.25, 0.3) is 0 Å². The first kappa shape index (κ1) is 16.6. The van der Waals surface area contributed by atoms with Crippen molar-refractivity contribution in [3.8, 4) is 5.82 Å². The van der Waals surface area contributed by atoms with E-state index in [1.165, 1.54) is 6.33 Å². The molecule has 0 saturated carbocycles. The van der Waals surface area contributed by atoms with Gasteiger partial charge in [0, 0.05) is 37.2 Å². The summed E-state index contributed by atoms with van der Waals surface area (Å²) >= 11 is 0. The summed E-state index contributed by atoms with van der Waals surface area (Å²) in [6.45, 7) is 5.21. The van der Waals surface area contributed by atoms with E-state index in [1.807, 2.05) is 24.5 Å². The van der Waals surface area contributed by atoms with E-state index in [1.54, 1.807) is 29.5 Å². The van der Waals surface area contributed by atoms with Gasteiger partial charge in [-0.15, -0.1) is 0 Å². The van der Waals surface area contributed by atoms with Gasteiger partial charge in [-0.2, -0.15) is 5.10 Å². The second-order valence-corrected chi connectivity index (χ2v) is 5.53. The highest BCUT2D eigenvalue weighted by Crippen LogP contribution is 2.13. The maximum absolute atomic E-state index is 11.8. The van der Waals surface area contributed by atoms with Crippen molar-refractivity contribution in [1.82, 2.24) is 34.6 Å². The van der Waals surface area contributed by atoms with E-state index in [0.717, 1.165) is 17.2 Å². The number of nitrogens with zero attached hydrogens (tertiary/aromatic N) is 6. The van der Waals surface area contributed by atoms with E-state index >= 15 is 0 Å². The number of anilines is 1. The monoisotopic (exact) mass is 340 g/mol. The molecule has 0 aliphatic heterocycles. The first-order valence-electron chi connectivity index (χ1n) is 7.94. The maximum Gasteiger partial charge on any atom is 0.241 e. The Hall–Kier alpha value is -3.23. The van der Waals surface area contributed by atoms with Gasteiger partial charge in [0.15, 0.2) is 0 Å². The minimum atomic E-state index is -0.0848. The summed E-state index contributed by atoms with van der Waals surface area (Å²) in [6, 6.07) is 3.63. The molecule has 0 spiro atoms. The molecule has 0 radical (unpaired) electrons. The molecule has 130 valence electrons. The Morgan fingerprint density at radius 1 is 1.20 bits per heavy atom. The van der Waals surface area contributed by atoms with Crippen LogP contribution in [0.1, 0.15) is 11.4 Å². The van der Waals surface area contributed by atoms with Gasteiger partial charge in [-0.1, -0.05) is 0 Å². The van der Waals surface area contributed by atoms with E-state index < -0.39 is 0 Å². The minimum Gasteiger partial charge on any atom is -0.368 e. The average molecular weight is 340 g/mol. The molecule has 2 N–H and O–H groups in total. The first-order chi connectivity index (χ1) is 12.1. The van der Waals surface area contributed by atoms with E-state index in [0.29, 0.717) is 18.9 Å². The quantitative estimate of drug-likeness (QED) is 0.614. The van der Waals surface area contributed by atoms with Crippen LogP contribution in [0.15, 0.2) is 37.2 Å². The molecular weight excluding hydrogens is 320 g/mol. The fourth-order valence-corrected chi connectivity index (χ4v) is 2.29. The van der Waals surface area contributed by atoms with Crippen molar-refractivity contribution in [2.24, 2.45) is 0 Å². The van der Waals surface area contributed by atoms with Crippen LogP contribution in [0.2, 0.25) is 0 Å². The summed E-state index contributed by atoms with van der Waals surface area (Å²) in [4.78, 5) is 24.5. The highest BCUT2D eigenvalue weighted by Gasteiger charge is 2.07. The van der Waals surface area contributed by atoms with E-state index in [9.17, 15) is 4.79 Å². The Balaban J connectivity index is 1.49. The van der Waals surface area contributed by atoms with Gasteiger partial charge in [0.1, 0.15) is 30.8 Å². The lowest BCUT2D eigenvalue weighted by atomic mass is 10.4. The highest BCUT2D eigenvalue weighted by molar-refractivity contribution is 5.75. The van der Waals surface area contributed by atoms with Gasteiger partial charge in [-0.3, -0.25) is 14.0 Å². The summed E-state index contributed by atoms with van der Waals surface area (Å²) < 4.78 is 3.49. The number of imidazole rings is 1. The van der Waals surface area contributed by atoms with Crippen molar-refractivity contribution in [2.45, 2.75) is 20.4 Å². The van der Waals surface area contributed by atoms with Gasteiger partial charge in [-0.05, 0) is 19.9 Å². The van der Waals surface area contributed by atoms with Gasteiger partial charge >= 0.3 is 0 Å². The molecule has 0 bridgehead atoms. The Morgan fingerprint density at radius 2 is 2.08 bits per heavy atom. The van der Waals surface area contributed by atoms with Crippen molar-refractivity contribution in [1.29, 1.82) is 0 Å². The SMILES string of the molecule is Cc1ncn(-c2cc(NCCNC(=O)Cn3cccn3)ncn2)c1C. The van der Waals surface area contributed by atoms with Crippen LogP contribution >= 0.6 is 0 Å². The third-order valence-corrected chi connectivity index (χ3v) is 3.77. The van der Waals surface area contributed by atoms with Crippen LogP contribution in [0.5, 0.6) is 0 Å². The van der Waals surface area contributed by atoms with Crippen LogP contribution in [-0.2, 0) is 11.3 Å². The second-order valence-electron chi connectivity index (χ2n) is 5.53. The van der Waals surface area contributed by atoms with Crippen molar-refractivity contribution in [2.75, 3.05) is 18.4 Å². The van der Waals surface area contributed by atoms with E-state index in [-0.39, 0.29) is 12.5 Å². The molecule has 0 atom stereocenters. The molecule has 0 aromatic carbocycles. The van der Waals surface area contributed by atoms with Crippen molar-refractivity contribution >= 4 is 11.7 Å². The molecule has 9 heteroatoms. The molecule has 3 aromatic heterocycles. The van der Waals surface area contributed by atoms with Gasteiger partial charge in [-0.25, -0.2) is 15.0 Å². The van der Waals surface area contributed by atoms with E-state index in [2.05, 4.69) is 30.7 Å². The zero-order valence-electron chi connectivity index (χ0n) is 14.2. The van der Waals surface area contributed by atoms with Crippen molar-refractivity contribution in [3.05, 3.63) is 48.6 Å². The van der Waals surface area contributed by atoms with Crippen LogP contribution in [0, 0.1) is 13.8 Å². The van der Waals surface area contributed by atoms with Crippen LogP contribution in [0.3, 0.4) is 0 Å². The number of hydrogen-bond acceptors (Lipinski definition) is 6. The highest BCUT2D eigenvalue weighted by atomic mass is 16.2. The molecule has 25 heavy (non-hydrogen) atoms. The summed E-state index contributed by atoms with van der Waals surface area (Å²) in [5.41, 5.74) is 2.00. The topological polar surface area (TPSA) is 103 Å². The Kier molecular flexibility index (Phi) is 5.03. The van der Waals surface area contributed by atoms with Crippen LogP contribution in [0.4, 0.5) is 5.82 Å². The van der Waals surface area contributed by atoms with Gasteiger partial charge < -0.3 is 10.6 Å². The first-order valence-corrected chi connectivity index (χ1v) is 7.94. The van der Waals surface area contributed by atoms with Crippen LogP contribution in [-0.4, -0.2) is 48.3 Å². The lowest BCUT2D eigenvalue weighted by Gasteiger charge is -2.09. The number of hydrogen-bond donors (Lipinski definition) is 2. The number of nitrogens with one attached hydrogen (secondary N) is 2. The van der Waals surface area contributed by atoms with Crippen molar-refractivity contribution < 1.29 is 4.79 Å². The zero-order valence-corrected chi connectivity index (χ0v) is 14.2. The van der Waals surface area contributed by atoms with Gasteiger partial charge in [0.2, 0.25) is 5.91 Å². The fraction of sp³-hybridized carbons (Fsp3) is 0.312. The zero-order chi connectivity index (χ0) is 17.6. The summed E-state index contributed by atoms with van der Waals surface area (Å²) in [6.07, 6.45) is 6.64. The van der Waals surface area contributed by atoms with E-state index in [4.69, 9.17) is 0 Å². The molecule has 0 aliphatic carbocycles. The molecule has 1 amide bonds. The predicted octanol–water partition coefficient (Wildman–Crippen LogP) is 0.704. The number of amides is 1. The largest absolute Gasteiger partial charge is 0.368 e. The van der Waals surface area contributed by atoms with Crippen molar-refractivity contribution in [3.63, 3.8) is 0 Å². The molecule has 3 aromatic rings. The van der Waals surface area contributed by atoms with Crippen LogP contribution in [0.25, 0.3) is 5.82 Å². The van der Waals surface area contributed by atoms with Crippen LogP contribution < -0.4 is 10.6 Å². The minimum absolute atomic E-state index is 0.0848. The average Bonchev–Trinajstić information content (AvgIpc) is 3.23. The molecule has 3 heterocycles.